The van der Waals surface area contributed by atoms with Crippen molar-refractivity contribution < 1.29 is 31.4 Å². The zero-order valence-electron chi connectivity index (χ0n) is 13.7. The molecule has 1 aliphatic heterocycles. The van der Waals surface area contributed by atoms with Crippen LogP contribution in [0.2, 0.25) is 5.02 Å². The van der Waals surface area contributed by atoms with Crippen molar-refractivity contribution >= 4 is 38.0 Å². The minimum absolute atomic E-state index is 0.00810. The molecule has 0 unspecified atom stereocenters. The summed E-state index contributed by atoms with van der Waals surface area (Å²) in [6.45, 7) is 1.58. The number of aliphatic hydroxyl groups is 1. The molecule has 2 aromatic rings. The van der Waals surface area contributed by atoms with Crippen molar-refractivity contribution in [2.45, 2.75) is 13.3 Å². The van der Waals surface area contributed by atoms with Gasteiger partial charge in [-0.2, -0.15) is 0 Å². The lowest BCUT2D eigenvalue weighted by Crippen LogP contribution is -2.35. The summed E-state index contributed by atoms with van der Waals surface area (Å²) in [5.41, 5.74) is -0.201. The molecule has 1 aromatic heterocycles. The lowest BCUT2D eigenvalue weighted by Gasteiger charge is -2.30. The molecule has 0 atom stereocenters. The number of aliphatic hydroxyl groups excluding tert-OH is 1. The maximum atomic E-state index is 13.0. The highest BCUT2D eigenvalue weighted by Gasteiger charge is 2.40. The maximum absolute atomic E-state index is 13.0. The highest BCUT2D eigenvalue weighted by atomic mass is 35.5. The van der Waals surface area contributed by atoms with E-state index in [9.17, 15) is 26.7 Å². The van der Waals surface area contributed by atoms with Crippen molar-refractivity contribution in [2.24, 2.45) is 0 Å². The molecule has 2 heterocycles. The number of hydrogen-bond donors (Lipinski definition) is 1. The van der Waals surface area contributed by atoms with E-state index in [0.717, 1.165) is 16.4 Å². The van der Waals surface area contributed by atoms with E-state index in [1.807, 2.05) is 0 Å². The predicted octanol–water partition coefficient (Wildman–Crippen LogP) is 4.19. The Bertz CT molecular complexity index is 1040. The van der Waals surface area contributed by atoms with Crippen molar-refractivity contribution in [2.75, 3.05) is 10.8 Å². The van der Waals surface area contributed by atoms with E-state index in [2.05, 4.69) is 9.72 Å². The second-order valence-electron chi connectivity index (χ2n) is 5.38. The fourth-order valence-corrected chi connectivity index (χ4v) is 4.82. The van der Waals surface area contributed by atoms with E-state index in [4.69, 9.17) is 11.6 Å². The Morgan fingerprint density at radius 3 is 2.59 bits per heavy atom. The van der Waals surface area contributed by atoms with E-state index >= 15 is 0 Å². The number of nitrogens with zero attached hydrogens (tertiary/aromatic N) is 2. The average Bonchev–Trinajstić information content (AvgIpc) is 2.57. The number of fused-ring (bicyclic) bond motifs is 1. The number of anilines is 1. The van der Waals surface area contributed by atoms with Crippen LogP contribution in [-0.2, 0) is 10.0 Å². The highest BCUT2D eigenvalue weighted by Crippen LogP contribution is 2.45. The Morgan fingerprint density at radius 1 is 1.26 bits per heavy atom. The normalized spacial score (nSPS) is 16.3. The number of alkyl halides is 3. The summed E-state index contributed by atoms with van der Waals surface area (Å²) < 4.78 is 68.5. The van der Waals surface area contributed by atoms with Gasteiger partial charge in [0.05, 0.1) is 10.7 Å². The maximum Gasteiger partial charge on any atom is 0.573 e. The second kappa shape index (κ2) is 6.61. The summed E-state index contributed by atoms with van der Waals surface area (Å²) in [5.74, 6) is -1.49. The third-order valence-corrected chi connectivity index (χ3v) is 6.12. The summed E-state index contributed by atoms with van der Waals surface area (Å²) in [5, 5.41) is 9.96. The lowest BCUT2D eigenvalue weighted by atomic mass is 10.1. The van der Waals surface area contributed by atoms with Crippen LogP contribution in [0.4, 0.5) is 18.9 Å². The van der Waals surface area contributed by atoms with Crippen LogP contribution in [0.15, 0.2) is 36.5 Å². The van der Waals surface area contributed by atoms with Gasteiger partial charge in [0.15, 0.2) is 5.76 Å². The minimum Gasteiger partial charge on any atom is -0.504 e. The molecule has 11 heteroatoms. The summed E-state index contributed by atoms with van der Waals surface area (Å²) in [6, 6.07) is 6.22. The number of pyridine rings is 1. The molecule has 0 bridgehead atoms. The first-order valence-electron chi connectivity index (χ1n) is 7.54. The molecular weight excluding hydrogens is 409 g/mol. The highest BCUT2D eigenvalue weighted by molar-refractivity contribution is 8.02. The van der Waals surface area contributed by atoms with E-state index in [0.29, 0.717) is 0 Å². The molecule has 0 spiro atoms. The van der Waals surface area contributed by atoms with Crippen LogP contribution in [0.3, 0.4) is 0 Å². The zero-order valence-corrected chi connectivity index (χ0v) is 15.2. The molecule has 1 aromatic carbocycles. The molecule has 0 fully saturated rings. The fourth-order valence-electron chi connectivity index (χ4n) is 2.75. The van der Waals surface area contributed by atoms with Gasteiger partial charge < -0.3 is 9.84 Å². The van der Waals surface area contributed by atoms with E-state index < -0.39 is 37.8 Å². The largest absolute Gasteiger partial charge is 0.573 e. The summed E-state index contributed by atoms with van der Waals surface area (Å²) in [7, 11) is -4.31. The average molecular weight is 421 g/mol. The molecular formula is C16H12ClF3N2O4S. The Kier molecular flexibility index (Phi) is 4.73. The van der Waals surface area contributed by atoms with Gasteiger partial charge in [-0.25, -0.2) is 8.42 Å². The van der Waals surface area contributed by atoms with Crippen molar-refractivity contribution in [3.05, 3.63) is 52.8 Å². The molecule has 0 saturated carbocycles. The molecule has 0 amide bonds. The first-order valence-corrected chi connectivity index (χ1v) is 9.35. The van der Waals surface area contributed by atoms with Gasteiger partial charge in [-0.1, -0.05) is 23.7 Å². The monoisotopic (exact) mass is 420 g/mol. The quantitative estimate of drug-likeness (QED) is 0.805. The van der Waals surface area contributed by atoms with Crippen LogP contribution < -0.4 is 9.04 Å². The van der Waals surface area contributed by atoms with E-state index in [1.54, 1.807) is 6.92 Å². The van der Waals surface area contributed by atoms with Crippen LogP contribution in [0.5, 0.6) is 5.75 Å². The van der Waals surface area contributed by atoms with Crippen molar-refractivity contribution in [1.29, 1.82) is 0 Å². The van der Waals surface area contributed by atoms with Gasteiger partial charge in [0.1, 0.15) is 16.3 Å². The Labute approximate surface area is 157 Å². The fraction of sp³-hybridized carbons (Fsp3) is 0.188. The third kappa shape index (κ3) is 3.30. The van der Waals surface area contributed by atoms with Gasteiger partial charge in [-0.05, 0) is 25.1 Å². The SMILES string of the molecule is CCN1c2cccnc2C(O)=C(c2cccc(OC(F)(F)F)c2Cl)S1(=O)=O. The molecule has 6 nitrogen and oxygen atoms in total. The van der Waals surface area contributed by atoms with Crippen LogP contribution in [0, 0.1) is 0 Å². The number of aromatic nitrogens is 1. The number of ether oxygens (including phenoxy) is 1. The second-order valence-corrected chi connectivity index (χ2v) is 7.56. The third-order valence-electron chi connectivity index (χ3n) is 3.76. The summed E-state index contributed by atoms with van der Waals surface area (Å²) in [6.07, 6.45) is -3.67. The van der Waals surface area contributed by atoms with Crippen LogP contribution in [-0.4, -0.2) is 31.4 Å². The number of benzene rings is 1. The minimum atomic E-state index is -5.02. The molecule has 3 rings (SSSR count). The van der Waals surface area contributed by atoms with E-state index in [-0.39, 0.29) is 23.5 Å². The topological polar surface area (TPSA) is 79.7 Å². The number of halogens is 4. The van der Waals surface area contributed by atoms with Gasteiger partial charge in [-0.15, -0.1) is 13.2 Å². The van der Waals surface area contributed by atoms with Crippen LogP contribution in [0.1, 0.15) is 18.2 Å². The summed E-state index contributed by atoms with van der Waals surface area (Å²) >= 11 is 5.99. The lowest BCUT2D eigenvalue weighted by molar-refractivity contribution is -0.274. The first kappa shape index (κ1) is 19.3. The molecule has 1 N–H and O–H groups in total. The molecule has 27 heavy (non-hydrogen) atoms. The van der Waals surface area contributed by atoms with Gasteiger partial charge in [0, 0.05) is 18.3 Å². The van der Waals surface area contributed by atoms with Crippen molar-refractivity contribution in [3.8, 4) is 5.75 Å². The van der Waals surface area contributed by atoms with Crippen molar-refractivity contribution in [1.82, 2.24) is 4.98 Å². The Hall–Kier alpha value is -2.46. The molecule has 0 radical (unpaired) electrons. The van der Waals surface area contributed by atoms with Gasteiger partial charge in [0.2, 0.25) is 0 Å². The first-order chi connectivity index (χ1) is 12.6. The molecule has 144 valence electrons. The van der Waals surface area contributed by atoms with Crippen molar-refractivity contribution in [3.63, 3.8) is 0 Å². The number of rotatable bonds is 3. The zero-order chi connectivity index (χ0) is 20.0. The smallest absolute Gasteiger partial charge is 0.504 e. The van der Waals surface area contributed by atoms with Gasteiger partial charge in [0.25, 0.3) is 10.0 Å². The van der Waals surface area contributed by atoms with Gasteiger partial charge in [-0.3, -0.25) is 9.29 Å². The molecule has 0 saturated heterocycles. The van der Waals surface area contributed by atoms with Crippen LogP contribution in [0.25, 0.3) is 10.7 Å². The number of sulfonamides is 1. The predicted molar refractivity (Wildman–Crippen MR) is 93.8 cm³/mol. The number of hydrogen-bond acceptors (Lipinski definition) is 5. The van der Waals surface area contributed by atoms with Crippen LogP contribution >= 0.6 is 11.6 Å². The Morgan fingerprint density at radius 2 is 1.96 bits per heavy atom. The van der Waals surface area contributed by atoms with Gasteiger partial charge >= 0.3 is 6.36 Å². The standard InChI is InChI=1S/C16H12ClF3N2O4S/c1-2-22-10-6-4-8-21-13(10)14(23)15(27(22,24)25)9-5-3-7-11(12(9)17)26-16(18,19)20/h3-8,23H,2H2,1H3. The molecule has 1 aliphatic rings. The molecule has 0 aliphatic carbocycles. The summed E-state index contributed by atoms with van der Waals surface area (Å²) in [4.78, 5) is 3.34. The Balaban J connectivity index is 2.29. The van der Waals surface area contributed by atoms with E-state index in [1.165, 1.54) is 24.4 Å².